The number of allylic oxidation sites excluding steroid dienone is 3. The first kappa shape index (κ1) is 27.4. The molecule has 0 saturated heterocycles. The van der Waals surface area contributed by atoms with Crippen LogP contribution in [-0.4, -0.2) is 16.8 Å². The molecule has 1 aliphatic rings. The van der Waals surface area contributed by atoms with Gasteiger partial charge in [0.05, 0.1) is 11.2 Å². The largest absolute Gasteiger partial charge is 0.340 e. The van der Waals surface area contributed by atoms with Crippen LogP contribution >= 0.6 is 0 Å². The first-order valence-electron chi connectivity index (χ1n) is 13.2. The van der Waals surface area contributed by atoms with Crippen LogP contribution in [0.5, 0.6) is 0 Å². The van der Waals surface area contributed by atoms with Crippen molar-refractivity contribution in [2.75, 3.05) is 0 Å². The van der Waals surface area contributed by atoms with E-state index in [0.717, 1.165) is 11.1 Å². The summed E-state index contributed by atoms with van der Waals surface area (Å²) in [5.41, 5.74) is 2.14. The Morgan fingerprint density at radius 1 is 0.974 bits per heavy atom. The lowest BCUT2D eigenvalue weighted by Crippen LogP contribution is -2.53. The molecule has 5 heteroatoms. The molecule has 0 aliphatic heterocycles. The molecule has 38 heavy (non-hydrogen) atoms. The summed E-state index contributed by atoms with van der Waals surface area (Å²) in [4.78, 5) is 18.5. The van der Waals surface area contributed by atoms with E-state index in [2.05, 4.69) is 31.1 Å². The molecule has 1 aliphatic carbocycles. The highest BCUT2D eigenvalue weighted by molar-refractivity contribution is 5.95. The molecule has 2 aromatic carbocycles. The van der Waals surface area contributed by atoms with Gasteiger partial charge in [-0.05, 0) is 47.2 Å². The maximum Gasteiger partial charge on any atom is 0.272 e. The van der Waals surface area contributed by atoms with Crippen molar-refractivity contribution in [2.45, 2.75) is 63.8 Å². The molecule has 4 rings (SSSR count). The summed E-state index contributed by atoms with van der Waals surface area (Å²) in [6.07, 6.45) is 7.23. The third-order valence-electron chi connectivity index (χ3n) is 7.36. The predicted molar refractivity (Wildman–Crippen MR) is 149 cm³/mol. The highest BCUT2D eigenvalue weighted by atomic mass is 19.3. The lowest BCUT2D eigenvalue weighted by molar-refractivity contribution is 0.0395. The van der Waals surface area contributed by atoms with Crippen molar-refractivity contribution >= 4 is 5.91 Å². The van der Waals surface area contributed by atoms with Crippen molar-refractivity contribution in [1.29, 1.82) is 0 Å². The van der Waals surface area contributed by atoms with Gasteiger partial charge in [0.25, 0.3) is 11.8 Å². The van der Waals surface area contributed by atoms with Crippen molar-refractivity contribution in [3.05, 3.63) is 125 Å². The summed E-state index contributed by atoms with van der Waals surface area (Å²) in [5, 5.41) is 3.30. The Kier molecular flexibility index (Phi) is 7.96. The van der Waals surface area contributed by atoms with Crippen molar-refractivity contribution < 1.29 is 13.6 Å². The molecule has 0 radical (unpaired) electrons. The fourth-order valence-electron chi connectivity index (χ4n) is 5.03. The number of rotatable bonds is 8. The molecule has 1 N–H and O–H groups in total. The van der Waals surface area contributed by atoms with Gasteiger partial charge in [0.15, 0.2) is 0 Å². The molecular weight excluding hydrogens is 478 g/mol. The number of carbonyl (C=O) groups excluding carboxylic acids is 1. The summed E-state index contributed by atoms with van der Waals surface area (Å²) >= 11 is 0. The minimum absolute atomic E-state index is 0.0200. The number of halogens is 2. The number of alkyl halides is 2. The van der Waals surface area contributed by atoms with Crippen molar-refractivity contribution in [1.82, 2.24) is 10.3 Å². The van der Waals surface area contributed by atoms with E-state index in [1.807, 2.05) is 72.8 Å². The normalized spacial score (nSPS) is 17.4. The third kappa shape index (κ3) is 5.93. The highest BCUT2D eigenvalue weighted by Crippen LogP contribution is 2.42. The van der Waals surface area contributed by atoms with Gasteiger partial charge in [0.1, 0.15) is 0 Å². The van der Waals surface area contributed by atoms with E-state index in [4.69, 9.17) is 0 Å². The minimum atomic E-state index is -2.95. The number of aromatic nitrogens is 1. The molecule has 0 spiro atoms. The number of amides is 1. The smallest absolute Gasteiger partial charge is 0.272 e. The Labute approximate surface area is 224 Å². The summed E-state index contributed by atoms with van der Waals surface area (Å²) < 4.78 is 29.7. The van der Waals surface area contributed by atoms with Gasteiger partial charge in [-0.1, -0.05) is 94.5 Å². The summed E-state index contributed by atoms with van der Waals surface area (Å²) in [6, 6.07) is 23.0. The molecule has 2 unspecified atom stereocenters. The fourth-order valence-corrected chi connectivity index (χ4v) is 5.03. The van der Waals surface area contributed by atoms with Crippen molar-refractivity contribution in [2.24, 2.45) is 5.92 Å². The molecule has 2 atom stereocenters. The number of benzene rings is 2. The first-order chi connectivity index (χ1) is 18.0. The number of nitrogens with one attached hydrogen (secondary N) is 1. The number of nitrogens with zero attached hydrogens (tertiary/aromatic N) is 1. The third-order valence-corrected chi connectivity index (χ3v) is 7.36. The maximum absolute atomic E-state index is 14.9. The molecule has 198 valence electrons. The first-order valence-corrected chi connectivity index (χ1v) is 13.2. The molecule has 1 aromatic heterocycles. The summed E-state index contributed by atoms with van der Waals surface area (Å²) in [6.45, 7) is 7.86. The van der Waals surface area contributed by atoms with Crippen LogP contribution in [0.1, 0.15) is 67.7 Å². The van der Waals surface area contributed by atoms with Crippen LogP contribution in [0.4, 0.5) is 8.78 Å². The van der Waals surface area contributed by atoms with Crippen LogP contribution in [0.3, 0.4) is 0 Å². The second kappa shape index (κ2) is 11.0. The van der Waals surface area contributed by atoms with E-state index in [-0.39, 0.29) is 23.3 Å². The van der Waals surface area contributed by atoms with Gasteiger partial charge in [-0.2, -0.15) is 0 Å². The molecule has 1 amide bonds. The standard InChI is InChI=1S/C33H36F2N2O/c1-5-33(34,35)28-15-11-14-27(22-28)32(29-16-9-10-21-36-29,23-24-12-7-6-8-13-24)37-30(38)25-17-19-26(20-18-25)31(2,3)4/h6-13,15-22,27H,5,14,23H2,1-4H3,(H,37,38). The van der Waals surface area contributed by atoms with Gasteiger partial charge in [0.2, 0.25) is 0 Å². The Balaban J connectivity index is 1.84. The van der Waals surface area contributed by atoms with Crippen LogP contribution < -0.4 is 5.32 Å². The van der Waals surface area contributed by atoms with E-state index >= 15 is 0 Å². The topological polar surface area (TPSA) is 42.0 Å². The van der Waals surface area contributed by atoms with E-state index in [9.17, 15) is 13.6 Å². The quantitative estimate of drug-likeness (QED) is 0.333. The minimum Gasteiger partial charge on any atom is -0.340 e. The van der Waals surface area contributed by atoms with E-state index in [0.29, 0.717) is 24.1 Å². The van der Waals surface area contributed by atoms with Gasteiger partial charge < -0.3 is 5.32 Å². The van der Waals surface area contributed by atoms with Gasteiger partial charge >= 0.3 is 0 Å². The molecule has 0 bridgehead atoms. The highest BCUT2D eigenvalue weighted by Gasteiger charge is 2.44. The Hall–Kier alpha value is -3.60. The average Bonchev–Trinajstić information content (AvgIpc) is 2.93. The van der Waals surface area contributed by atoms with Gasteiger partial charge in [-0.3, -0.25) is 9.78 Å². The molecular formula is C33H36F2N2O. The number of hydrogen-bond acceptors (Lipinski definition) is 2. The van der Waals surface area contributed by atoms with Gasteiger partial charge in [0, 0.05) is 36.1 Å². The Bertz CT molecular complexity index is 1290. The molecule has 3 nitrogen and oxygen atoms in total. The van der Waals surface area contributed by atoms with Crippen LogP contribution in [0.15, 0.2) is 103 Å². The summed E-state index contributed by atoms with van der Waals surface area (Å²) in [7, 11) is 0. The number of pyridine rings is 1. The maximum atomic E-state index is 14.9. The van der Waals surface area contributed by atoms with Crippen LogP contribution in [0, 0.1) is 5.92 Å². The zero-order valence-electron chi connectivity index (χ0n) is 22.5. The second-order valence-corrected chi connectivity index (χ2v) is 11.1. The fraction of sp³-hybridized carbons (Fsp3) is 0.333. The number of carbonyl (C=O) groups is 1. The summed E-state index contributed by atoms with van der Waals surface area (Å²) in [5.74, 6) is -3.66. The lowest BCUT2D eigenvalue weighted by atomic mass is 9.71. The van der Waals surface area contributed by atoms with E-state index in [1.54, 1.807) is 18.3 Å². The van der Waals surface area contributed by atoms with Crippen molar-refractivity contribution in [3.8, 4) is 0 Å². The van der Waals surface area contributed by atoms with Crippen LogP contribution in [0.25, 0.3) is 0 Å². The van der Waals surface area contributed by atoms with E-state index in [1.165, 1.54) is 13.0 Å². The Morgan fingerprint density at radius 3 is 2.26 bits per heavy atom. The lowest BCUT2D eigenvalue weighted by Gasteiger charge is -2.41. The zero-order chi connectivity index (χ0) is 27.4. The van der Waals surface area contributed by atoms with Gasteiger partial charge in [-0.15, -0.1) is 0 Å². The molecule has 1 heterocycles. The molecule has 0 fully saturated rings. The predicted octanol–water partition coefficient (Wildman–Crippen LogP) is 7.79. The SMILES string of the molecule is CCC(F)(F)C1=CC(C(Cc2ccccc2)(NC(=O)c2ccc(C(C)(C)C)cc2)c2ccccn2)CC=C1. The zero-order valence-corrected chi connectivity index (χ0v) is 22.5. The Morgan fingerprint density at radius 2 is 1.66 bits per heavy atom. The van der Waals surface area contributed by atoms with Crippen LogP contribution in [-0.2, 0) is 17.4 Å². The average molecular weight is 515 g/mol. The second-order valence-electron chi connectivity index (χ2n) is 11.1. The molecule has 0 saturated carbocycles. The van der Waals surface area contributed by atoms with Crippen LogP contribution in [0.2, 0.25) is 0 Å². The van der Waals surface area contributed by atoms with Gasteiger partial charge in [-0.25, -0.2) is 8.78 Å². The van der Waals surface area contributed by atoms with E-state index < -0.39 is 17.4 Å². The molecule has 3 aromatic rings. The van der Waals surface area contributed by atoms with Crippen molar-refractivity contribution in [3.63, 3.8) is 0 Å². The monoisotopic (exact) mass is 514 g/mol. The number of hydrogen-bond donors (Lipinski definition) is 1.